The number of hydrogen-bond donors (Lipinski definition) is 2. The Hall–Kier alpha value is -2.78. The van der Waals surface area contributed by atoms with E-state index in [4.69, 9.17) is 11.6 Å². The number of benzene rings is 2. The van der Waals surface area contributed by atoms with Crippen LogP contribution in [0.2, 0.25) is 5.02 Å². The van der Waals surface area contributed by atoms with E-state index in [1.54, 1.807) is 0 Å². The van der Waals surface area contributed by atoms with E-state index < -0.39 is 21.7 Å². The summed E-state index contributed by atoms with van der Waals surface area (Å²) in [5.74, 6) is -2.40. The molecule has 10 heteroatoms. The zero-order chi connectivity index (χ0) is 20.1. The molecule has 0 spiro atoms. The Balaban J connectivity index is 1.67. The molecule has 0 atom stereocenters. The van der Waals surface area contributed by atoms with Gasteiger partial charge < -0.3 is 0 Å². The minimum absolute atomic E-state index is 0.0205. The summed E-state index contributed by atoms with van der Waals surface area (Å²) in [5.41, 5.74) is 1.02. The number of ketones is 1. The molecule has 6 nitrogen and oxygen atoms in total. The van der Waals surface area contributed by atoms with Crippen molar-refractivity contribution in [1.82, 2.24) is 10.2 Å². The molecule has 0 fully saturated rings. The first-order valence-electron chi connectivity index (χ1n) is 8.14. The summed E-state index contributed by atoms with van der Waals surface area (Å²) in [5, 5.41) is 6.21. The number of Topliss-reactive ketones (excluding diaryl/α,β-unsaturated/α-hetero) is 1. The molecule has 0 saturated carbocycles. The van der Waals surface area contributed by atoms with Crippen molar-refractivity contribution in [2.24, 2.45) is 0 Å². The van der Waals surface area contributed by atoms with Crippen molar-refractivity contribution in [3.05, 3.63) is 64.2 Å². The molecule has 0 radical (unpaired) electrons. The van der Waals surface area contributed by atoms with Crippen molar-refractivity contribution in [3.63, 3.8) is 0 Å². The van der Waals surface area contributed by atoms with E-state index in [-0.39, 0.29) is 32.8 Å². The maximum atomic E-state index is 13.9. The smallest absolute Gasteiger partial charge is 0.264 e. The van der Waals surface area contributed by atoms with Gasteiger partial charge in [0.15, 0.2) is 23.2 Å². The van der Waals surface area contributed by atoms with Crippen LogP contribution in [0, 0.1) is 11.6 Å². The molecule has 0 saturated heterocycles. The number of nitrogens with zero attached hydrogens (tertiary/aromatic N) is 1. The van der Waals surface area contributed by atoms with Crippen LogP contribution in [0.25, 0.3) is 11.3 Å². The average Bonchev–Trinajstić information content (AvgIpc) is 3.23. The number of carbonyl (C=O) groups is 1. The van der Waals surface area contributed by atoms with Gasteiger partial charge in [0, 0.05) is 23.6 Å². The maximum Gasteiger partial charge on any atom is 0.264 e. The lowest BCUT2D eigenvalue weighted by atomic mass is 10.1. The van der Waals surface area contributed by atoms with Crippen LogP contribution in [0.1, 0.15) is 22.3 Å². The quantitative estimate of drug-likeness (QED) is 0.665. The summed E-state index contributed by atoms with van der Waals surface area (Å²) in [7, 11) is -4.16. The lowest BCUT2D eigenvalue weighted by molar-refractivity contribution is 0.0994. The van der Waals surface area contributed by atoms with E-state index in [0.29, 0.717) is 24.0 Å². The number of aromatic nitrogens is 2. The van der Waals surface area contributed by atoms with Gasteiger partial charge >= 0.3 is 0 Å². The number of aromatic amines is 1. The average molecular weight is 424 g/mol. The molecular formula is C18H12ClF2N3O3S. The highest BCUT2D eigenvalue weighted by Gasteiger charge is 2.27. The van der Waals surface area contributed by atoms with Gasteiger partial charge in [-0.3, -0.25) is 14.6 Å². The second-order valence-corrected chi connectivity index (χ2v) is 8.29. The lowest BCUT2D eigenvalue weighted by Gasteiger charge is -2.09. The summed E-state index contributed by atoms with van der Waals surface area (Å²) >= 11 is 6.10. The van der Waals surface area contributed by atoms with E-state index in [1.807, 2.05) is 0 Å². The van der Waals surface area contributed by atoms with Gasteiger partial charge in [-0.25, -0.2) is 17.2 Å². The fourth-order valence-electron chi connectivity index (χ4n) is 3.07. The number of halogens is 3. The lowest BCUT2D eigenvalue weighted by Crippen LogP contribution is -2.14. The van der Waals surface area contributed by atoms with Gasteiger partial charge in [-0.15, -0.1) is 0 Å². The van der Waals surface area contributed by atoms with Crippen LogP contribution in [-0.2, 0) is 16.4 Å². The predicted molar refractivity (Wildman–Crippen MR) is 98.9 cm³/mol. The molecule has 0 unspecified atom stereocenters. The van der Waals surface area contributed by atoms with Gasteiger partial charge in [0.05, 0.1) is 10.7 Å². The molecule has 0 aliphatic heterocycles. The molecule has 1 aromatic heterocycles. The molecule has 1 heterocycles. The van der Waals surface area contributed by atoms with Gasteiger partial charge in [0.2, 0.25) is 0 Å². The maximum absolute atomic E-state index is 13.9. The SMILES string of the molecule is O=C1CCc2cc(Cl)c(S(=O)(=O)Nc3cc(-c4cccc(F)c4F)[nH]n3)cc21. The molecule has 144 valence electrons. The summed E-state index contributed by atoms with van der Waals surface area (Å²) in [6, 6.07) is 7.55. The Morgan fingerprint density at radius 1 is 1.11 bits per heavy atom. The second-order valence-electron chi connectivity index (χ2n) is 6.24. The van der Waals surface area contributed by atoms with Crippen LogP contribution >= 0.6 is 11.6 Å². The highest BCUT2D eigenvalue weighted by Crippen LogP contribution is 2.32. The number of fused-ring (bicyclic) bond motifs is 1. The molecular weight excluding hydrogens is 412 g/mol. The van der Waals surface area contributed by atoms with Crippen molar-refractivity contribution in [3.8, 4) is 11.3 Å². The summed E-state index contributed by atoms with van der Waals surface area (Å²) in [6.45, 7) is 0. The molecule has 1 aliphatic carbocycles. The van der Waals surface area contributed by atoms with Crippen LogP contribution in [-0.4, -0.2) is 24.4 Å². The van der Waals surface area contributed by atoms with E-state index in [2.05, 4.69) is 14.9 Å². The monoisotopic (exact) mass is 423 g/mol. The van der Waals surface area contributed by atoms with Crippen molar-refractivity contribution in [2.75, 3.05) is 4.72 Å². The van der Waals surface area contributed by atoms with Crippen LogP contribution in [0.4, 0.5) is 14.6 Å². The van der Waals surface area contributed by atoms with Crippen molar-refractivity contribution < 1.29 is 22.0 Å². The number of hydrogen-bond acceptors (Lipinski definition) is 4. The molecule has 2 aromatic carbocycles. The van der Waals surface area contributed by atoms with Gasteiger partial charge in [0.1, 0.15) is 4.90 Å². The number of nitrogens with one attached hydrogen (secondary N) is 2. The Bertz CT molecular complexity index is 1220. The molecule has 2 N–H and O–H groups in total. The van der Waals surface area contributed by atoms with Crippen molar-refractivity contribution in [2.45, 2.75) is 17.7 Å². The molecule has 0 bridgehead atoms. The van der Waals surface area contributed by atoms with Gasteiger partial charge in [-0.1, -0.05) is 17.7 Å². The first kappa shape index (κ1) is 18.6. The van der Waals surface area contributed by atoms with E-state index in [0.717, 1.165) is 6.07 Å². The Kier molecular flexibility index (Phi) is 4.43. The third-order valence-corrected chi connectivity index (χ3v) is 6.25. The molecule has 3 aromatic rings. The molecule has 4 rings (SSSR count). The van der Waals surface area contributed by atoms with Crippen LogP contribution < -0.4 is 4.72 Å². The number of carbonyl (C=O) groups excluding carboxylic acids is 1. The van der Waals surface area contributed by atoms with Gasteiger partial charge in [0.25, 0.3) is 10.0 Å². The minimum Gasteiger partial charge on any atom is -0.294 e. The fourth-order valence-corrected chi connectivity index (χ4v) is 4.64. The third kappa shape index (κ3) is 3.16. The van der Waals surface area contributed by atoms with Crippen LogP contribution in [0.15, 0.2) is 41.3 Å². The summed E-state index contributed by atoms with van der Waals surface area (Å²) < 4.78 is 54.9. The summed E-state index contributed by atoms with van der Waals surface area (Å²) in [4.78, 5) is 11.6. The highest BCUT2D eigenvalue weighted by atomic mass is 35.5. The first-order chi connectivity index (χ1) is 13.3. The number of rotatable bonds is 4. The summed E-state index contributed by atoms with van der Waals surface area (Å²) in [6.07, 6.45) is 0.827. The van der Waals surface area contributed by atoms with Crippen molar-refractivity contribution >= 4 is 33.2 Å². The zero-order valence-corrected chi connectivity index (χ0v) is 15.7. The first-order valence-corrected chi connectivity index (χ1v) is 10.0. The fraction of sp³-hybridized carbons (Fsp3) is 0.111. The van der Waals surface area contributed by atoms with Gasteiger partial charge in [-0.2, -0.15) is 5.10 Å². The molecule has 0 amide bonds. The number of aryl methyl sites for hydroxylation is 1. The molecule has 1 aliphatic rings. The largest absolute Gasteiger partial charge is 0.294 e. The Morgan fingerprint density at radius 3 is 2.68 bits per heavy atom. The normalized spacial score (nSPS) is 13.6. The van der Waals surface area contributed by atoms with Crippen LogP contribution in [0.3, 0.4) is 0 Å². The highest BCUT2D eigenvalue weighted by molar-refractivity contribution is 7.92. The minimum atomic E-state index is -4.16. The predicted octanol–water partition coefficient (Wildman–Crippen LogP) is 3.94. The van der Waals surface area contributed by atoms with E-state index >= 15 is 0 Å². The van der Waals surface area contributed by atoms with E-state index in [1.165, 1.54) is 30.3 Å². The van der Waals surface area contributed by atoms with Crippen molar-refractivity contribution in [1.29, 1.82) is 0 Å². The Morgan fingerprint density at radius 2 is 1.89 bits per heavy atom. The topological polar surface area (TPSA) is 91.9 Å². The standard InChI is InChI=1S/C18H12ClF2N3O3S/c19-12-6-9-4-5-15(25)11(9)7-16(12)28(26,27)24-17-8-14(22-23-17)10-2-1-3-13(20)18(10)21/h1-3,6-8H,4-5H2,(H2,22,23,24). The number of H-pyrrole nitrogens is 1. The number of sulfonamides is 1. The van der Waals surface area contributed by atoms with Gasteiger partial charge in [-0.05, 0) is 36.2 Å². The molecule has 28 heavy (non-hydrogen) atoms. The van der Waals surface area contributed by atoms with Crippen LogP contribution in [0.5, 0.6) is 0 Å². The number of anilines is 1. The van der Waals surface area contributed by atoms with E-state index in [9.17, 15) is 22.0 Å². The third-order valence-electron chi connectivity index (χ3n) is 4.43. The second kappa shape index (κ2) is 6.68. The zero-order valence-electron chi connectivity index (χ0n) is 14.1. The Labute approximate surface area is 163 Å².